The summed E-state index contributed by atoms with van der Waals surface area (Å²) >= 11 is 1.66. The van der Waals surface area contributed by atoms with Crippen molar-refractivity contribution in [2.75, 3.05) is 5.32 Å². The van der Waals surface area contributed by atoms with Crippen LogP contribution in [0.2, 0.25) is 0 Å². The zero-order valence-corrected chi connectivity index (χ0v) is 16.2. The number of H-pyrrole nitrogens is 1. The summed E-state index contributed by atoms with van der Waals surface area (Å²) in [6, 6.07) is 7.50. The molecule has 0 spiro atoms. The minimum absolute atomic E-state index is 0.0484. The van der Waals surface area contributed by atoms with E-state index >= 15 is 0 Å². The molecule has 1 aliphatic rings. The first-order valence-corrected chi connectivity index (χ1v) is 9.91. The minimum Gasteiger partial charge on any atom is -0.326 e. The van der Waals surface area contributed by atoms with Crippen LogP contribution in [0.15, 0.2) is 29.1 Å². The number of anilines is 1. The predicted molar refractivity (Wildman–Crippen MR) is 111 cm³/mol. The van der Waals surface area contributed by atoms with Crippen molar-refractivity contribution in [2.45, 2.75) is 33.1 Å². The van der Waals surface area contributed by atoms with E-state index in [9.17, 15) is 9.59 Å². The summed E-state index contributed by atoms with van der Waals surface area (Å²) in [5.41, 5.74) is 2.87. The second-order valence-electron chi connectivity index (χ2n) is 7.12. The van der Waals surface area contributed by atoms with Gasteiger partial charge < -0.3 is 10.3 Å². The number of carbonyl (C=O) groups excluding carboxylic acids is 1. The summed E-state index contributed by atoms with van der Waals surface area (Å²) in [4.78, 5) is 33.4. The lowest BCUT2D eigenvalue weighted by atomic mass is 9.89. The third kappa shape index (κ3) is 3.71. The van der Waals surface area contributed by atoms with E-state index in [4.69, 9.17) is 0 Å². The third-order valence-corrected chi connectivity index (χ3v) is 6.00. The molecule has 1 amide bonds. The number of nitrogens with zero attached hydrogens (tertiary/aromatic N) is 1. The number of carbonyl (C=O) groups is 1. The highest BCUT2D eigenvalue weighted by Crippen LogP contribution is 2.35. The molecule has 0 saturated carbocycles. The molecule has 0 saturated heterocycles. The van der Waals surface area contributed by atoms with Crippen LogP contribution in [0.1, 0.15) is 42.1 Å². The Bertz CT molecular complexity index is 1090. The maximum atomic E-state index is 12.6. The van der Waals surface area contributed by atoms with Crippen molar-refractivity contribution in [1.29, 1.82) is 0 Å². The van der Waals surface area contributed by atoms with Gasteiger partial charge in [-0.15, -0.1) is 11.3 Å². The monoisotopic (exact) mass is 379 g/mol. The largest absolute Gasteiger partial charge is 0.326 e. The van der Waals surface area contributed by atoms with Gasteiger partial charge in [-0.3, -0.25) is 9.59 Å². The highest BCUT2D eigenvalue weighted by molar-refractivity contribution is 7.18. The molecule has 6 heteroatoms. The first-order chi connectivity index (χ1) is 13.0. The second kappa shape index (κ2) is 7.12. The van der Waals surface area contributed by atoms with Crippen LogP contribution in [0.25, 0.3) is 22.4 Å². The van der Waals surface area contributed by atoms with Crippen LogP contribution in [0.3, 0.4) is 0 Å². The van der Waals surface area contributed by atoms with E-state index in [0.717, 1.165) is 40.7 Å². The number of aromatic amines is 1. The van der Waals surface area contributed by atoms with Crippen LogP contribution < -0.4 is 10.9 Å². The van der Waals surface area contributed by atoms with Crippen molar-refractivity contribution in [3.05, 3.63) is 56.4 Å². The van der Waals surface area contributed by atoms with E-state index in [0.29, 0.717) is 11.7 Å². The topological polar surface area (TPSA) is 74.8 Å². The standard InChI is InChI=1S/C21H21N3O2S/c1-12-3-9-16-17(11-12)27-21-19(16)20(26)23-18(24-21)10-6-14-4-7-15(8-5-14)22-13(2)25/h4-8,10,12H,3,9,11H2,1-2H3,(H,22,25)(H,23,24,26)/b10-6+/t12-/m0/s1. The Morgan fingerprint density at radius 2 is 2.07 bits per heavy atom. The normalized spacial score (nSPS) is 16.6. The average molecular weight is 379 g/mol. The number of benzene rings is 1. The maximum Gasteiger partial charge on any atom is 0.260 e. The molecule has 3 aromatic rings. The predicted octanol–water partition coefficient (Wildman–Crippen LogP) is 4.24. The highest BCUT2D eigenvalue weighted by atomic mass is 32.1. The Morgan fingerprint density at radius 3 is 2.81 bits per heavy atom. The van der Waals surface area contributed by atoms with Crippen LogP contribution in [0, 0.1) is 5.92 Å². The number of hydrogen-bond donors (Lipinski definition) is 2. The third-order valence-electron chi connectivity index (χ3n) is 4.85. The summed E-state index contributed by atoms with van der Waals surface area (Å²) < 4.78 is 0. The lowest BCUT2D eigenvalue weighted by molar-refractivity contribution is -0.114. The number of aromatic nitrogens is 2. The average Bonchev–Trinajstić information content (AvgIpc) is 2.98. The van der Waals surface area contributed by atoms with Crippen LogP contribution in [-0.4, -0.2) is 15.9 Å². The minimum atomic E-state index is -0.0959. The fraction of sp³-hybridized carbons (Fsp3) is 0.286. The molecule has 27 heavy (non-hydrogen) atoms. The van der Waals surface area contributed by atoms with E-state index < -0.39 is 0 Å². The van der Waals surface area contributed by atoms with Crippen LogP contribution in [0.5, 0.6) is 0 Å². The number of thiophene rings is 1. The Balaban J connectivity index is 1.62. The Kier molecular flexibility index (Phi) is 4.66. The number of fused-ring (bicyclic) bond motifs is 3. The van der Waals surface area contributed by atoms with Gasteiger partial charge in [-0.25, -0.2) is 4.98 Å². The molecule has 0 radical (unpaired) electrons. The maximum absolute atomic E-state index is 12.6. The number of amides is 1. The van der Waals surface area contributed by atoms with Gasteiger partial charge in [-0.05, 0) is 54.5 Å². The van der Waals surface area contributed by atoms with E-state index in [1.54, 1.807) is 11.3 Å². The van der Waals surface area contributed by atoms with Crippen molar-refractivity contribution in [2.24, 2.45) is 5.92 Å². The molecule has 0 bridgehead atoms. The lowest BCUT2D eigenvalue weighted by Crippen LogP contribution is -2.13. The zero-order chi connectivity index (χ0) is 19.0. The molecule has 4 rings (SSSR count). The first-order valence-electron chi connectivity index (χ1n) is 9.10. The van der Waals surface area contributed by atoms with Crippen molar-refractivity contribution in [3.8, 4) is 0 Å². The lowest BCUT2D eigenvalue weighted by Gasteiger charge is -2.17. The van der Waals surface area contributed by atoms with Gasteiger partial charge in [0.25, 0.3) is 5.56 Å². The second-order valence-corrected chi connectivity index (χ2v) is 8.20. The van der Waals surface area contributed by atoms with Gasteiger partial charge >= 0.3 is 0 Å². The molecular weight excluding hydrogens is 358 g/mol. The number of rotatable bonds is 3. The van der Waals surface area contributed by atoms with Gasteiger partial charge in [0.1, 0.15) is 10.7 Å². The molecule has 2 N–H and O–H groups in total. The summed E-state index contributed by atoms with van der Waals surface area (Å²) in [6.07, 6.45) is 6.86. The molecule has 1 aliphatic carbocycles. The Labute approximate surface area is 161 Å². The number of nitrogens with one attached hydrogen (secondary N) is 2. The quantitative estimate of drug-likeness (QED) is 0.715. The van der Waals surface area contributed by atoms with E-state index in [1.165, 1.54) is 17.4 Å². The van der Waals surface area contributed by atoms with Crippen LogP contribution in [0.4, 0.5) is 5.69 Å². The Morgan fingerprint density at radius 1 is 1.30 bits per heavy atom. The van der Waals surface area contributed by atoms with Gasteiger partial charge in [0.2, 0.25) is 5.91 Å². The van der Waals surface area contributed by atoms with Gasteiger partial charge in [-0.1, -0.05) is 25.1 Å². The summed E-state index contributed by atoms with van der Waals surface area (Å²) in [7, 11) is 0. The molecule has 0 aliphatic heterocycles. The van der Waals surface area contributed by atoms with Gasteiger partial charge in [-0.2, -0.15) is 0 Å². The molecule has 1 aromatic carbocycles. The van der Waals surface area contributed by atoms with Crippen molar-refractivity contribution >= 4 is 45.3 Å². The van der Waals surface area contributed by atoms with Gasteiger partial charge in [0.05, 0.1) is 5.39 Å². The zero-order valence-electron chi connectivity index (χ0n) is 15.3. The van der Waals surface area contributed by atoms with Gasteiger partial charge in [0.15, 0.2) is 0 Å². The molecule has 1 atom stereocenters. The van der Waals surface area contributed by atoms with Crippen molar-refractivity contribution in [1.82, 2.24) is 9.97 Å². The van der Waals surface area contributed by atoms with Crippen LogP contribution >= 0.6 is 11.3 Å². The Hall–Kier alpha value is -2.73. The highest BCUT2D eigenvalue weighted by Gasteiger charge is 2.22. The molecule has 138 valence electrons. The first kappa shape index (κ1) is 17.7. The summed E-state index contributed by atoms with van der Waals surface area (Å²) in [5, 5.41) is 3.52. The smallest absolute Gasteiger partial charge is 0.260 e. The van der Waals surface area contributed by atoms with Crippen LogP contribution in [-0.2, 0) is 17.6 Å². The van der Waals surface area contributed by atoms with E-state index in [-0.39, 0.29) is 11.5 Å². The fourth-order valence-electron chi connectivity index (χ4n) is 3.50. The molecule has 2 aromatic heterocycles. The van der Waals surface area contributed by atoms with Crippen molar-refractivity contribution in [3.63, 3.8) is 0 Å². The number of aryl methyl sites for hydroxylation is 1. The SMILES string of the molecule is CC(=O)Nc1ccc(/C=C/c2nc3sc4c(c3c(=O)[nH]2)CC[C@H](C)C4)cc1. The molecule has 0 unspecified atom stereocenters. The van der Waals surface area contributed by atoms with Gasteiger partial charge in [0, 0.05) is 17.5 Å². The molecule has 5 nitrogen and oxygen atoms in total. The molecular formula is C21H21N3O2S. The van der Waals surface area contributed by atoms with E-state index in [2.05, 4.69) is 22.2 Å². The summed E-state index contributed by atoms with van der Waals surface area (Å²) in [6.45, 7) is 3.74. The fourth-order valence-corrected chi connectivity index (χ4v) is 4.89. The van der Waals surface area contributed by atoms with Crippen molar-refractivity contribution < 1.29 is 4.79 Å². The summed E-state index contributed by atoms with van der Waals surface area (Å²) in [5.74, 6) is 1.14. The van der Waals surface area contributed by atoms with E-state index in [1.807, 2.05) is 36.4 Å². The number of hydrogen-bond acceptors (Lipinski definition) is 4. The molecule has 2 heterocycles. The molecule has 0 fully saturated rings.